The Kier molecular flexibility index (Phi) is 5.25. The lowest BCUT2D eigenvalue weighted by molar-refractivity contribution is -0.914. The summed E-state index contributed by atoms with van der Waals surface area (Å²) in [7, 11) is 2.09. The molecule has 1 heterocycles. The van der Waals surface area contributed by atoms with E-state index in [1.54, 1.807) is 18.2 Å². The van der Waals surface area contributed by atoms with E-state index in [0.717, 1.165) is 41.5 Å². The molecule has 1 aliphatic rings. The largest absolute Gasteiger partial charge is 0.415 e. The number of likely N-dealkylation sites (tertiary alicyclic amines) is 1. The maximum Gasteiger partial charge on any atom is 0.415 e. The number of rotatable bonds is 4. The van der Waals surface area contributed by atoms with Crippen LogP contribution < -0.4 is 5.32 Å². The highest BCUT2D eigenvalue weighted by molar-refractivity contribution is 6.31. The Bertz CT molecular complexity index is 776. The van der Waals surface area contributed by atoms with Gasteiger partial charge in [-0.2, -0.15) is 0 Å². The normalized spacial score (nSPS) is 15.8. The number of amides is 1. The number of hydrogen-bond acceptors (Lipinski definition) is 2. The molecule has 6 heteroatoms. The highest BCUT2D eigenvalue weighted by Gasteiger charge is 2.28. The first-order chi connectivity index (χ1) is 12.0. The molecule has 0 spiro atoms. The van der Waals surface area contributed by atoms with Crippen LogP contribution in [0.4, 0.5) is 14.9 Å². The minimum atomic E-state index is -0.494. The number of quaternary nitrogens is 1. The van der Waals surface area contributed by atoms with Gasteiger partial charge in [-0.05, 0) is 23.8 Å². The molecular formula is C19H21ClFN2O2+. The lowest BCUT2D eigenvalue weighted by Crippen LogP contribution is -2.43. The van der Waals surface area contributed by atoms with E-state index in [9.17, 15) is 9.18 Å². The quantitative estimate of drug-likeness (QED) is 0.785. The van der Waals surface area contributed by atoms with Crippen molar-refractivity contribution < 1.29 is 18.4 Å². The van der Waals surface area contributed by atoms with Gasteiger partial charge in [-0.1, -0.05) is 35.9 Å². The van der Waals surface area contributed by atoms with E-state index in [4.69, 9.17) is 16.3 Å². The Hall–Kier alpha value is -2.11. The van der Waals surface area contributed by atoms with Crippen LogP contribution in [-0.2, 0) is 4.74 Å². The summed E-state index contributed by atoms with van der Waals surface area (Å²) in [4.78, 5) is 12.2. The third-order valence-corrected chi connectivity index (χ3v) is 4.84. The minimum absolute atomic E-state index is 0.0429. The second kappa shape index (κ2) is 7.42. The van der Waals surface area contributed by atoms with E-state index in [1.165, 1.54) is 6.07 Å². The number of nitrogens with zero attached hydrogens (tertiary/aromatic N) is 1. The van der Waals surface area contributed by atoms with Gasteiger partial charge < -0.3 is 4.74 Å². The van der Waals surface area contributed by atoms with Gasteiger partial charge in [-0.15, -0.1) is 0 Å². The van der Waals surface area contributed by atoms with E-state index < -0.39 is 11.9 Å². The van der Waals surface area contributed by atoms with Crippen molar-refractivity contribution in [2.75, 3.05) is 32.2 Å². The molecule has 4 nitrogen and oxygen atoms in total. The Balaban J connectivity index is 1.72. The summed E-state index contributed by atoms with van der Waals surface area (Å²) in [5.74, 6) is -0.474. The molecule has 0 radical (unpaired) electrons. The van der Waals surface area contributed by atoms with Gasteiger partial charge in [0.1, 0.15) is 5.82 Å². The molecule has 1 amide bonds. The molecule has 2 aromatic rings. The van der Waals surface area contributed by atoms with E-state index in [0.29, 0.717) is 12.4 Å². The average Bonchev–Trinajstić information content (AvgIpc) is 3.03. The van der Waals surface area contributed by atoms with Crippen LogP contribution in [-0.4, -0.2) is 37.4 Å². The fourth-order valence-electron chi connectivity index (χ4n) is 3.10. The molecule has 0 saturated carbocycles. The van der Waals surface area contributed by atoms with Crippen molar-refractivity contribution in [2.45, 2.75) is 12.8 Å². The monoisotopic (exact) mass is 363 g/mol. The maximum absolute atomic E-state index is 13.4. The summed E-state index contributed by atoms with van der Waals surface area (Å²) < 4.78 is 19.5. The smallest absolute Gasteiger partial charge is 0.399 e. The third kappa shape index (κ3) is 4.30. The molecule has 1 aliphatic heterocycles. The van der Waals surface area contributed by atoms with E-state index in [-0.39, 0.29) is 5.02 Å². The van der Waals surface area contributed by atoms with Gasteiger partial charge in [-0.25, -0.2) is 9.18 Å². The zero-order valence-electron chi connectivity index (χ0n) is 14.1. The zero-order valence-corrected chi connectivity index (χ0v) is 14.9. The van der Waals surface area contributed by atoms with Crippen molar-refractivity contribution in [3.63, 3.8) is 0 Å². The fraction of sp³-hybridized carbons (Fsp3) is 0.316. The first-order valence-corrected chi connectivity index (χ1v) is 8.66. The number of ether oxygens (including phenoxy) is 1. The van der Waals surface area contributed by atoms with Crippen LogP contribution in [0.1, 0.15) is 12.8 Å². The summed E-state index contributed by atoms with van der Waals surface area (Å²) in [6.07, 6.45) is 1.83. The zero-order chi connectivity index (χ0) is 17.9. The summed E-state index contributed by atoms with van der Waals surface area (Å²) in [6, 6.07) is 11.8. The molecule has 1 fully saturated rings. The number of carbonyl (C=O) groups is 1. The van der Waals surface area contributed by atoms with Crippen LogP contribution in [0.2, 0.25) is 5.02 Å². The molecule has 132 valence electrons. The van der Waals surface area contributed by atoms with E-state index in [2.05, 4.69) is 12.4 Å². The second-order valence-corrected chi connectivity index (χ2v) is 7.04. The van der Waals surface area contributed by atoms with Crippen molar-refractivity contribution in [3.8, 4) is 11.1 Å². The minimum Gasteiger partial charge on any atom is -0.399 e. The van der Waals surface area contributed by atoms with Gasteiger partial charge in [-0.3, -0.25) is 9.80 Å². The number of nitrogens with one attached hydrogen (secondary N) is 1. The lowest BCUT2D eigenvalue weighted by atomic mass is 10.0. The topological polar surface area (TPSA) is 38.3 Å². The summed E-state index contributed by atoms with van der Waals surface area (Å²) in [5.41, 5.74) is 2.07. The van der Waals surface area contributed by atoms with Crippen LogP contribution in [0.25, 0.3) is 11.1 Å². The molecule has 0 unspecified atom stereocenters. The van der Waals surface area contributed by atoms with Gasteiger partial charge in [0.05, 0.1) is 30.8 Å². The molecule has 3 rings (SSSR count). The molecule has 2 aromatic carbocycles. The first-order valence-electron chi connectivity index (χ1n) is 8.29. The van der Waals surface area contributed by atoms with Crippen molar-refractivity contribution >= 4 is 23.4 Å². The van der Waals surface area contributed by atoms with Gasteiger partial charge in [0.2, 0.25) is 6.73 Å². The Morgan fingerprint density at radius 1 is 1.24 bits per heavy atom. The van der Waals surface area contributed by atoms with Crippen LogP contribution in [0.15, 0.2) is 42.5 Å². The Morgan fingerprint density at radius 2 is 1.96 bits per heavy atom. The first kappa shape index (κ1) is 17.7. The summed E-state index contributed by atoms with van der Waals surface area (Å²) >= 11 is 5.87. The van der Waals surface area contributed by atoms with Gasteiger partial charge in [0.25, 0.3) is 0 Å². The van der Waals surface area contributed by atoms with Crippen LogP contribution in [0, 0.1) is 5.82 Å². The van der Waals surface area contributed by atoms with Crippen molar-refractivity contribution in [3.05, 3.63) is 53.3 Å². The van der Waals surface area contributed by atoms with E-state index >= 15 is 0 Å². The standard InChI is InChI=1S/C19H20ClFN2O2/c1-23(10-4-5-11-23)13-25-19(24)22-18-7-3-2-6-15(18)14-8-9-17(21)16(20)12-14/h2-3,6-9,12H,4-5,10-11,13H2,1H3/p+1. The molecular weight excluding hydrogens is 343 g/mol. The number of carbonyl (C=O) groups excluding carboxylic acids is 1. The highest BCUT2D eigenvalue weighted by Crippen LogP contribution is 2.30. The lowest BCUT2D eigenvalue weighted by Gasteiger charge is -2.27. The predicted octanol–water partition coefficient (Wildman–Crippen LogP) is 4.89. The van der Waals surface area contributed by atoms with Gasteiger partial charge in [0.15, 0.2) is 0 Å². The van der Waals surface area contributed by atoms with Crippen LogP contribution >= 0.6 is 11.6 Å². The Labute approximate surface area is 151 Å². The molecule has 25 heavy (non-hydrogen) atoms. The molecule has 0 atom stereocenters. The summed E-state index contributed by atoms with van der Waals surface area (Å²) in [6.45, 7) is 2.41. The number of hydrogen-bond donors (Lipinski definition) is 1. The van der Waals surface area contributed by atoms with Gasteiger partial charge in [0, 0.05) is 18.4 Å². The third-order valence-electron chi connectivity index (χ3n) is 4.55. The van der Waals surface area contributed by atoms with Crippen molar-refractivity contribution in [1.82, 2.24) is 0 Å². The van der Waals surface area contributed by atoms with Crippen LogP contribution in [0.3, 0.4) is 0 Å². The second-order valence-electron chi connectivity index (χ2n) is 6.63. The predicted molar refractivity (Wildman–Crippen MR) is 97.0 cm³/mol. The summed E-state index contributed by atoms with van der Waals surface area (Å²) in [5, 5.41) is 2.82. The van der Waals surface area contributed by atoms with Gasteiger partial charge >= 0.3 is 6.09 Å². The highest BCUT2D eigenvalue weighted by atomic mass is 35.5. The van der Waals surface area contributed by atoms with Crippen molar-refractivity contribution in [2.24, 2.45) is 0 Å². The SMILES string of the molecule is C[N+]1(COC(=O)Nc2ccccc2-c2ccc(F)c(Cl)c2)CCCC1. The Morgan fingerprint density at radius 3 is 2.68 bits per heavy atom. The van der Waals surface area contributed by atoms with E-state index in [1.807, 2.05) is 18.2 Å². The molecule has 0 aromatic heterocycles. The molecule has 0 bridgehead atoms. The number of halogens is 2. The number of anilines is 1. The van der Waals surface area contributed by atoms with Crippen molar-refractivity contribution in [1.29, 1.82) is 0 Å². The molecule has 1 N–H and O–H groups in total. The number of benzene rings is 2. The number of para-hydroxylation sites is 1. The average molecular weight is 364 g/mol. The molecule has 1 saturated heterocycles. The molecule has 0 aliphatic carbocycles. The fourth-order valence-corrected chi connectivity index (χ4v) is 3.28. The van der Waals surface area contributed by atoms with Crippen LogP contribution in [0.5, 0.6) is 0 Å². The maximum atomic E-state index is 13.4.